The van der Waals surface area contributed by atoms with Crippen LogP contribution in [0.15, 0.2) is 35.1 Å². The predicted octanol–water partition coefficient (Wildman–Crippen LogP) is 2.36. The number of nitrogens with zero attached hydrogens (tertiary/aromatic N) is 3. The third-order valence-electron chi connectivity index (χ3n) is 4.71. The molecule has 0 bridgehead atoms. The summed E-state index contributed by atoms with van der Waals surface area (Å²) in [4.78, 5) is 16.5. The number of benzene rings is 1. The molecule has 6 nitrogen and oxygen atoms in total. The first-order valence-electron chi connectivity index (χ1n) is 8.82. The quantitative estimate of drug-likeness (QED) is 0.906. The number of amides is 2. The molecule has 1 aromatic carbocycles. The molecule has 2 heterocycles. The second-order valence-electron chi connectivity index (χ2n) is 6.67. The summed E-state index contributed by atoms with van der Waals surface area (Å²) in [5, 5.41) is 6.98. The summed E-state index contributed by atoms with van der Waals surface area (Å²) in [6.07, 6.45) is 2.46. The lowest BCUT2D eigenvalue weighted by Crippen LogP contribution is -2.51. The number of aromatic nitrogens is 1. The standard InChI is InChI=1S/C19H26N4O2/c1-15-3-4-17(16(2)13-15)5-7-20-19(24)23-10-8-22(9-11-23)14-18-6-12-25-21-18/h3-4,6,12-13H,5,7-11,14H2,1-2H3,(H,20,24). The highest BCUT2D eigenvalue weighted by atomic mass is 16.5. The van der Waals surface area contributed by atoms with Gasteiger partial charge in [-0.25, -0.2) is 4.79 Å². The van der Waals surface area contributed by atoms with Gasteiger partial charge >= 0.3 is 6.03 Å². The van der Waals surface area contributed by atoms with Gasteiger partial charge in [0.25, 0.3) is 0 Å². The van der Waals surface area contributed by atoms with Gasteiger partial charge in [-0.05, 0) is 31.4 Å². The molecule has 1 aliphatic heterocycles. The Kier molecular flexibility index (Phi) is 5.71. The molecule has 3 rings (SSSR count). The van der Waals surface area contributed by atoms with Crippen molar-refractivity contribution < 1.29 is 9.32 Å². The van der Waals surface area contributed by atoms with Gasteiger partial charge < -0.3 is 14.7 Å². The highest BCUT2D eigenvalue weighted by molar-refractivity contribution is 5.74. The first-order valence-corrected chi connectivity index (χ1v) is 8.82. The van der Waals surface area contributed by atoms with E-state index >= 15 is 0 Å². The van der Waals surface area contributed by atoms with Crippen molar-refractivity contribution in [2.75, 3.05) is 32.7 Å². The first kappa shape index (κ1) is 17.5. The van der Waals surface area contributed by atoms with E-state index in [1.54, 1.807) is 6.26 Å². The summed E-state index contributed by atoms with van der Waals surface area (Å²) >= 11 is 0. The van der Waals surface area contributed by atoms with Crippen molar-refractivity contribution in [1.29, 1.82) is 0 Å². The largest absolute Gasteiger partial charge is 0.364 e. The summed E-state index contributed by atoms with van der Waals surface area (Å²) in [7, 11) is 0. The highest BCUT2D eigenvalue weighted by Gasteiger charge is 2.21. The number of rotatable bonds is 5. The summed E-state index contributed by atoms with van der Waals surface area (Å²) < 4.78 is 4.86. The predicted molar refractivity (Wildman–Crippen MR) is 96.4 cm³/mol. The minimum absolute atomic E-state index is 0.0332. The van der Waals surface area contributed by atoms with Gasteiger partial charge in [-0.1, -0.05) is 28.9 Å². The van der Waals surface area contributed by atoms with Gasteiger partial charge in [0, 0.05) is 45.3 Å². The average Bonchev–Trinajstić information content (AvgIpc) is 3.10. The lowest BCUT2D eigenvalue weighted by molar-refractivity contribution is 0.133. The molecule has 1 aliphatic rings. The van der Waals surface area contributed by atoms with E-state index in [1.807, 2.05) is 11.0 Å². The smallest absolute Gasteiger partial charge is 0.317 e. The SMILES string of the molecule is Cc1ccc(CCNC(=O)N2CCN(Cc3ccon3)CC2)c(C)c1. The van der Waals surface area contributed by atoms with Gasteiger partial charge in [-0.3, -0.25) is 4.90 Å². The Hall–Kier alpha value is -2.34. The molecule has 1 aromatic heterocycles. The van der Waals surface area contributed by atoms with E-state index in [0.29, 0.717) is 6.54 Å². The molecule has 0 radical (unpaired) electrons. The summed E-state index contributed by atoms with van der Waals surface area (Å²) in [6.45, 7) is 8.87. The third-order valence-corrected chi connectivity index (χ3v) is 4.71. The van der Waals surface area contributed by atoms with Crippen LogP contribution in [0.1, 0.15) is 22.4 Å². The van der Waals surface area contributed by atoms with Crippen molar-refractivity contribution in [3.8, 4) is 0 Å². The molecule has 0 spiro atoms. The van der Waals surface area contributed by atoms with Crippen LogP contribution in [0.2, 0.25) is 0 Å². The van der Waals surface area contributed by atoms with Crippen LogP contribution in [0.5, 0.6) is 0 Å². The van der Waals surface area contributed by atoms with Crippen molar-refractivity contribution in [3.63, 3.8) is 0 Å². The van der Waals surface area contributed by atoms with Gasteiger partial charge in [0.15, 0.2) is 0 Å². The van der Waals surface area contributed by atoms with E-state index in [0.717, 1.165) is 44.8 Å². The number of hydrogen-bond donors (Lipinski definition) is 1. The fourth-order valence-corrected chi connectivity index (χ4v) is 3.20. The molecule has 0 unspecified atom stereocenters. The van der Waals surface area contributed by atoms with Crippen molar-refractivity contribution in [1.82, 2.24) is 20.3 Å². The molecule has 1 saturated heterocycles. The Labute approximate surface area is 148 Å². The maximum atomic E-state index is 12.3. The zero-order valence-corrected chi connectivity index (χ0v) is 15.0. The Morgan fingerprint density at radius 1 is 1.20 bits per heavy atom. The van der Waals surface area contributed by atoms with Crippen LogP contribution in [0.3, 0.4) is 0 Å². The van der Waals surface area contributed by atoms with E-state index < -0.39 is 0 Å². The van der Waals surface area contributed by atoms with Crippen LogP contribution in [0, 0.1) is 13.8 Å². The van der Waals surface area contributed by atoms with Gasteiger partial charge in [-0.2, -0.15) is 0 Å². The Morgan fingerprint density at radius 2 is 2.00 bits per heavy atom. The Balaban J connectivity index is 1.39. The van der Waals surface area contributed by atoms with E-state index in [-0.39, 0.29) is 6.03 Å². The number of hydrogen-bond acceptors (Lipinski definition) is 4. The van der Waals surface area contributed by atoms with Crippen LogP contribution >= 0.6 is 0 Å². The summed E-state index contributed by atoms with van der Waals surface area (Å²) in [6, 6.07) is 8.38. The molecule has 0 saturated carbocycles. The number of aryl methyl sites for hydroxylation is 2. The highest BCUT2D eigenvalue weighted by Crippen LogP contribution is 2.11. The van der Waals surface area contributed by atoms with Gasteiger partial charge in [0.2, 0.25) is 0 Å². The molecule has 134 valence electrons. The minimum Gasteiger partial charge on any atom is -0.364 e. The molecule has 1 fully saturated rings. The lowest BCUT2D eigenvalue weighted by Gasteiger charge is -2.34. The normalized spacial score (nSPS) is 15.4. The molecular weight excluding hydrogens is 316 g/mol. The molecule has 2 aromatic rings. The zero-order valence-electron chi connectivity index (χ0n) is 15.0. The fourth-order valence-electron chi connectivity index (χ4n) is 3.20. The number of nitrogens with one attached hydrogen (secondary N) is 1. The number of urea groups is 1. The second kappa shape index (κ2) is 8.16. The van der Waals surface area contributed by atoms with Gasteiger partial charge in [0.05, 0.1) is 5.69 Å². The average molecular weight is 342 g/mol. The molecule has 1 N–H and O–H groups in total. The van der Waals surface area contributed by atoms with Crippen molar-refractivity contribution in [2.45, 2.75) is 26.8 Å². The molecule has 0 aliphatic carbocycles. The molecule has 6 heteroatoms. The Morgan fingerprint density at radius 3 is 2.68 bits per heavy atom. The monoisotopic (exact) mass is 342 g/mol. The van der Waals surface area contributed by atoms with Crippen molar-refractivity contribution >= 4 is 6.03 Å². The molecule has 2 amide bonds. The lowest BCUT2D eigenvalue weighted by atomic mass is 10.0. The molecular formula is C19H26N4O2. The van der Waals surface area contributed by atoms with Crippen LogP contribution < -0.4 is 5.32 Å². The third kappa shape index (κ3) is 4.82. The number of carbonyl (C=O) groups is 1. The number of piperazine rings is 1. The maximum absolute atomic E-state index is 12.3. The van der Waals surface area contributed by atoms with E-state index in [2.05, 4.69) is 47.4 Å². The second-order valence-corrected chi connectivity index (χ2v) is 6.67. The zero-order chi connectivity index (χ0) is 17.6. The van der Waals surface area contributed by atoms with Gasteiger partial charge in [-0.15, -0.1) is 0 Å². The fraction of sp³-hybridized carbons (Fsp3) is 0.474. The van der Waals surface area contributed by atoms with Crippen molar-refractivity contribution in [2.24, 2.45) is 0 Å². The molecule has 0 atom stereocenters. The van der Waals surface area contributed by atoms with Crippen LogP contribution in [0.4, 0.5) is 4.79 Å². The summed E-state index contributed by atoms with van der Waals surface area (Å²) in [5.41, 5.74) is 4.79. The van der Waals surface area contributed by atoms with Gasteiger partial charge in [0.1, 0.15) is 6.26 Å². The van der Waals surface area contributed by atoms with E-state index in [1.165, 1.54) is 16.7 Å². The molecule has 25 heavy (non-hydrogen) atoms. The van der Waals surface area contributed by atoms with Crippen LogP contribution in [-0.2, 0) is 13.0 Å². The first-order chi connectivity index (χ1) is 12.1. The maximum Gasteiger partial charge on any atom is 0.317 e. The summed E-state index contributed by atoms with van der Waals surface area (Å²) in [5.74, 6) is 0. The minimum atomic E-state index is 0.0332. The van der Waals surface area contributed by atoms with Crippen molar-refractivity contribution in [3.05, 3.63) is 52.9 Å². The Bertz CT molecular complexity index is 691. The number of carbonyl (C=O) groups excluding carboxylic acids is 1. The van der Waals surface area contributed by atoms with Crippen LogP contribution in [-0.4, -0.2) is 53.7 Å². The van der Waals surface area contributed by atoms with Crippen LogP contribution in [0.25, 0.3) is 0 Å². The van der Waals surface area contributed by atoms with E-state index in [9.17, 15) is 4.79 Å². The topological polar surface area (TPSA) is 61.6 Å². The van der Waals surface area contributed by atoms with E-state index in [4.69, 9.17) is 4.52 Å².